The Morgan fingerprint density at radius 2 is 2.04 bits per heavy atom. The van der Waals surface area contributed by atoms with Gasteiger partial charge in [-0.2, -0.15) is 5.10 Å². The minimum atomic E-state index is 0.384. The van der Waals surface area contributed by atoms with Gasteiger partial charge in [-0.15, -0.1) is 0 Å². The van der Waals surface area contributed by atoms with Gasteiger partial charge in [0.25, 0.3) is 0 Å². The van der Waals surface area contributed by atoms with Gasteiger partial charge in [0, 0.05) is 19.6 Å². The minimum Gasteiger partial charge on any atom is -0.365 e. The van der Waals surface area contributed by atoms with Crippen molar-refractivity contribution in [3.05, 3.63) is 42.6 Å². The first-order chi connectivity index (χ1) is 11.6. The molecular weight excluding hydrogens is 302 g/mol. The first-order valence-electron chi connectivity index (χ1n) is 7.95. The van der Waals surface area contributed by atoms with Crippen LogP contribution in [0.1, 0.15) is 25.5 Å². The van der Waals surface area contributed by atoms with E-state index in [9.17, 15) is 0 Å². The van der Waals surface area contributed by atoms with E-state index in [2.05, 4.69) is 62.0 Å². The number of imidazole rings is 1. The fourth-order valence-electron chi connectivity index (χ4n) is 2.88. The molecule has 0 amide bonds. The Hall–Kier alpha value is -2.96. The third-order valence-corrected chi connectivity index (χ3v) is 4.18. The molecule has 0 aliphatic rings. The van der Waals surface area contributed by atoms with Crippen LogP contribution in [0.15, 0.2) is 37.1 Å². The molecule has 3 heterocycles. The van der Waals surface area contributed by atoms with Crippen molar-refractivity contribution in [1.82, 2.24) is 29.3 Å². The molecule has 0 radical (unpaired) electrons. The Morgan fingerprint density at radius 3 is 2.88 bits per heavy atom. The third-order valence-electron chi connectivity index (χ3n) is 4.18. The highest BCUT2D eigenvalue weighted by atomic mass is 15.3. The molecule has 7 nitrogen and oxygen atoms in total. The fraction of sp³-hybridized carbons (Fsp3) is 0.294. The number of aryl methyl sites for hydroxylation is 1. The maximum atomic E-state index is 4.45. The van der Waals surface area contributed by atoms with E-state index in [1.54, 1.807) is 17.2 Å². The summed E-state index contributed by atoms with van der Waals surface area (Å²) < 4.78 is 3.93. The van der Waals surface area contributed by atoms with Gasteiger partial charge in [-0.05, 0) is 31.5 Å². The lowest BCUT2D eigenvalue weighted by molar-refractivity contribution is 0.617. The summed E-state index contributed by atoms with van der Waals surface area (Å²) in [5.41, 5.74) is 4.17. The highest BCUT2D eigenvalue weighted by Crippen LogP contribution is 2.21. The molecule has 0 saturated heterocycles. The molecule has 7 heteroatoms. The summed E-state index contributed by atoms with van der Waals surface area (Å²) in [6.07, 6.45) is 5.24. The molecule has 1 aromatic carbocycles. The summed E-state index contributed by atoms with van der Waals surface area (Å²) in [6, 6.07) is 6.71. The number of fused-ring (bicyclic) bond motifs is 2. The van der Waals surface area contributed by atoms with Crippen molar-refractivity contribution in [2.24, 2.45) is 7.05 Å². The van der Waals surface area contributed by atoms with E-state index >= 15 is 0 Å². The number of nitrogens with one attached hydrogen (secondary N) is 1. The largest absolute Gasteiger partial charge is 0.365 e. The highest BCUT2D eigenvalue weighted by molar-refractivity contribution is 5.86. The second kappa shape index (κ2) is 5.59. The van der Waals surface area contributed by atoms with Crippen LogP contribution in [0.4, 0.5) is 5.82 Å². The number of rotatable bonds is 4. The summed E-state index contributed by atoms with van der Waals surface area (Å²) in [5, 5.41) is 8.55. The van der Waals surface area contributed by atoms with E-state index in [4.69, 9.17) is 0 Å². The Labute approximate surface area is 139 Å². The van der Waals surface area contributed by atoms with E-state index in [0.717, 1.165) is 27.9 Å². The Balaban J connectivity index is 1.63. The van der Waals surface area contributed by atoms with Crippen LogP contribution in [0.5, 0.6) is 0 Å². The van der Waals surface area contributed by atoms with Gasteiger partial charge in [0.2, 0.25) is 0 Å². The summed E-state index contributed by atoms with van der Waals surface area (Å²) >= 11 is 0. The standard InChI is InChI=1S/C17H19N7/c1-11(2)24-10-21-14-5-4-12(6-15(14)24)7-18-16-13-8-22-23(3)17(13)20-9-19-16/h4-6,8-11H,7H2,1-3H3,(H,18,19,20). The second-order valence-corrected chi connectivity index (χ2v) is 6.15. The number of nitrogens with zero attached hydrogens (tertiary/aromatic N) is 6. The Bertz CT molecular complexity index is 1010. The molecule has 0 fully saturated rings. The molecule has 1 N–H and O–H groups in total. The van der Waals surface area contributed by atoms with Crippen LogP contribution in [-0.2, 0) is 13.6 Å². The lowest BCUT2D eigenvalue weighted by Crippen LogP contribution is -2.03. The first kappa shape index (κ1) is 14.6. The van der Waals surface area contributed by atoms with Crippen molar-refractivity contribution >= 4 is 27.9 Å². The molecule has 0 spiro atoms. The van der Waals surface area contributed by atoms with Crippen molar-refractivity contribution in [2.45, 2.75) is 26.4 Å². The van der Waals surface area contributed by atoms with Crippen LogP contribution in [0.3, 0.4) is 0 Å². The van der Waals surface area contributed by atoms with Crippen molar-refractivity contribution in [1.29, 1.82) is 0 Å². The van der Waals surface area contributed by atoms with Gasteiger partial charge in [0.1, 0.15) is 12.1 Å². The number of hydrogen-bond acceptors (Lipinski definition) is 5. The molecular formula is C17H19N7. The second-order valence-electron chi connectivity index (χ2n) is 6.15. The summed E-state index contributed by atoms with van der Waals surface area (Å²) in [5.74, 6) is 0.797. The summed E-state index contributed by atoms with van der Waals surface area (Å²) in [4.78, 5) is 13.1. The molecule has 0 saturated carbocycles. The molecule has 122 valence electrons. The highest BCUT2D eigenvalue weighted by Gasteiger charge is 2.09. The topological polar surface area (TPSA) is 73.5 Å². The maximum absolute atomic E-state index is 4.45. The molecule has 3 aromatic heterocycles. The molecule has 4 aromatic rings. The van der Waals surface area contributed by atoms with Gasteiger partial charge < -0.3 is 9.88 Å². The smallest absolute Gasteiger partial charge is 0.163 e. The molecule has 0 bridgehead atoms. The maximum Gasteiger partial charge on any atom is 0.163 e. The van der Waals surface area contributed by atoms with Crippen molar-refractivity contribution in [2.75, 3.05) is 5.32 Å². The zero-order chi connectivity index (χ0) is 16.7. The van der Waals surface area contributed by atoms with E-state index < -0.39 is 0 Å². The molecule has 0 aliphatic heterocycles. The average Bonchev–Trinajstić information content (AvgIpc) is 3.17. The number of anilines is 1. The van der Waals surface area contributed by atoms with Gasteiger partial charge in [0.05, 0.1) is 28.9 Å². The van der Waals surface area contributed by atoms with Gasteiger partial charge in [0.15, 0.2) is 5.65 Å². The Kier molecular flexibility index (Phi) is 3.41. The van der Waals surface area contributed by atoms with Gasteiger partial charge in [-0.1, -0.05) is 6.07 Å². The number of hydrogen-bond donors (Lipinski definition) is 1. The normalized spacial score (nSPS) is 11.7. The van der Waals surface area contributed by atoms with Gasteiger partial charge in [-0.25, -0.2) is 15.0 Å². The molecule has 0 unspecified atom stereocenters. The number of aromatic nitrogens is 6. The molecule has 0 aliphatic carbocycles. The molecule has 0 atom stereocenters. The lowest BCUT2D eigenvalue weighted by atomic mass is 10.2. The Morgan fingerprint density at radius 1 is 1.17 bits per heavy atom. The minimum absolute atomic E-state index is 0.384. The predicted molar refractivity (Wildman–Crippen MR) is 93.7 cm³/mol. The van der Waals surface area contributed by atoms with Crippen LogP contribution in [0.2, 0.25) is 0 Å². The van der Waals surface area contributed by atoms with Gasteiger partial charge in [-0.3, -0.25) is 4.68 Å². The summed E-state index contributed by atoms with van der Waals surface area (Å²) in [6.45, 7) is 5.00. The zero-order valence-corrected chi connectivity index (χ0v) is 13.9. The van der Waals surface area contributed by atoms with Crippen LogP contribution < -0.4 is 5.32 Å². The monoisotopic (exact) mass is 321 g/mol. The van der Waals surface area contributed by atoms with E-state index in [1.807, 2.05) is 13.4 Å². The summed E-state index contributed by atoms with van der Waals surface area (Å²) in [7, 11) is 1.88. The molecule has 24 heavy (non-hydrogen) atoms. The SMILES string of the molecule is CC(C)n1cnc2ccc(CNc3ncnc4c3cnn4C)cc21. The van der Waals surface area contributed by atoms with Crippen molar-refractivity contribution in [3.63, 3.8) is 0 Å². The van der Waals surface area contributed by atoms with Crippen LogP contribution in [-0.4, -0.2) is 29.3 Å². The van der Waals surface area contributed by atoms with Gasteiger partial charge >= 0.3 is 0 Å². The van der Waals surface area contributed by atoms with Crippen LogP contribution in [0.25, 0.3) is 22.1 Å². The molecule has 4 rings (SSSR count). The number of benzene rings is 1. The third kappa shape index (κ3) is 2.38. The van der Waals surface area contributed by atoms with Crippen LogP contribution in [0, 0.1) is 0 Å². The van der Waals surface area contributed by atoms with E-state index in [-0.39, 0.29) is 0 Å². The van der Waals surface area contributed by atoms with Crippen LogP contribution >= 0.6 is 0 Å². The zero-order valence-electron chi connectivity index (χ0n) is 13.9. The van der Waals surface area contributed by atoms with E-state index in [0.29, 0.717) is 12.6 Å². The fourth-order valence-corrected chi connectivity index (χ4v) is 2.88. The quantitative estimate of drug-likeness (QED) is 0.625. The lowest BCUT2D eigenvalue weighted by Gasteiger charge is -2.10. The predicted octanol–water partition coefficient (Wildman–Crippen LogP) is 2.91. The van der Waals surface area contributed by atoms with Crippen molar-refractivity contribution in [3.8, 4) is 0 Å². The van der Waals surface area contributed by atoms with Crippen molar-refractivity contribution < 1.29 is 0 Å². The average molecular weight is 321 g/mol. The van der Waals surface area contributed by atoms with E-state index in [1.165, 1.54) is 5.56 Å². The first-order valence-corrected chi connectivity index (χ1v) is 7.95.